The first-order valence-electron chi connectivity index (χ1n) is 6.12. The minimum Gasteiger partial charge on any atom is -0.381 e. The zero-order valence-electron chi connectivity index (χ0n) is 11.1. The van der Waals surface area contributed by atoms with E-state index in [2.05, 4.69) is 41.5 Å². The molecule has 0 aromatic heterocycles. The predicted octanol–water partition coefficient (Wildman–Crippen LogP) is 4.51. The van der Waals surface area contributed by atoms with Crippen LogP contribution in [0.4, 0.5) is 0 Å². The maximum atomic E-state index is 5.29. The van der Waals surface area contributed by atoms with E-state index in [0.29, 0.717) is 0 Å². The van der Waals surface area contributed by atoms with Crippen LogP contribution >= 0.6 is 0 Å². The molecule has 0 aromatic carbocycles. The number of rotatable bonds is 6. The van der Waals surface area contributed by atoms with E-state index in [1.54, 1.807) is 0 Å². The lowest BCUT2D eigenvalue weighted by atomic mass is 10.1. The molecule has 1 heteroatoms. The molecule has 0 aliphatic carbocycles. The molecule has 14 heavy (non-hydrogen) atoms. The second-order valence-electron chi connectivity index (χ2n) is 4.60. The molecule has 0 rings (SSSR count). The fourth-order valence-electron chi connectivity index (χ4n) is 0.565. The van der Waals surface area contributed by atoms with E-state index in [9.17, 15) is 0 Å². The molecule has 0 N–H and O–H groups in total. The van der Waals surface area contributed by atoms with Crippen molar-refractivity contribution in [1.82, 2.24) is 0 Å². The van der Waals surface area contributed by atoms with Crippen molar-refractivity contribution in [3.63, 3.8) is 0 Å². The van der Waals surface area contributed by atoms with Crippen molar-refractivity contribution in [2.24, 2.45) is 11.8 Å². The van der Waals surface area contributed by atoms with Gasteiger partial charge < -0.3 is 4.74 Å². The van der Waals surface area contributed by atoms with E-state index in [1.165, 1.54) is 12.8 Å². The molecule has 0 spiro atoms. The standard InChI is InChI=1S/C8H18O.C5H12/c1-4-6-9-7-5-8(2)3;1-4-5(2)3/h8H,4-7H2,1-3H3;5H,4H2,1-3H3. The highest BCUT2D eigenvalue weighted by atomic mass is 16.5. The second kappa shape index (κ2) is 13.0. The molecule has 0 saturated heterocycles. The van der Waals surface area contributed by atoms with E-state index in [-0.39, 0.29) is 0 Å². The summed E-state index contributed by atoms with van der Waals surface area (Å²) in [7, 11) is 0. The number of hydrogen-bond donors (Lipinski definition) is 0. The molecule has 0 amide bonds. The van der Waals surface area contributed by atoms with Gasteiger partial charge in [-0.1, -0.05) is 48.0 Å². The van der Waals surface area contributed by atoms with Crippen molar-refractivity contribution in [3.8, 4) is 0 Å². The zero-order valence-corrected chi connectivity index (χ0v) is 11.1. The molecule has 0 fully saturated rings. The molecular formula is C13H30O. The third-order valence-electron chi connectivity index (χ3n) is 2.00. The van der Waals surface area contributed by atoms with Gasteiger partial charge in [0, 0.05) is 13.2 Å². The van der Waals surface area contributed by atoms with E-state index in [4.69, 9.17) is 4.74 Å². The highest BCUT2D eigenvalue weighted by molar-refractivity contribution is 4.41. The first kappa shape index (κ1) is 16.4. The van der Waals surface area contributed by atoms with E-state index in [0.717, 1.165) is 31.5 Å². The fraction of sp³-hybridized carbons (Fsp3) is 1.00. The summed E-state index contributed by atoms with van der Waals surface area (Å²) in [5.74, 6) is 1.66. The number of hydrogen-bond acceptors (Lipinski definition) is 1. The molecular weight excluding hydrogens is 172 g/mol. The van der Waals surface area contributed by atoms with Crippen LogP contribution in [0.5, 0.6) is 0 Å². The molecule has 0 radical (unpaired) electrons. The van der Waals surface area contributed by atoms with Gasteiger partial charge in [-0.2, -0.15) is 0 Å². The highest BCUT2D eigenvalue weighted by Crippen LogP contribution is 1.98. The Morgan fingerprint density at radius 2 is 1.36 bits per heavy atom. The van der Waals surface area contributed by atoms with E-state index in [1.807, 2.05) is 0 Å². The second-order valence-corrected chi connectivity index (χ2v) is 4.60. The summed E-state index contributed by atoms with van der Waals surface area (Å²) in [6.07, 6.45) is 3.64. The first-order valence-corrected chi connectivity index (χ1v) is 6.12. The van der Waals surface area contributed by atoms with Crippen LogP contribution in [0.2, 0.25) is 0 Å². The van der Waals surface area contributed by atoms with Crippen LogP contribution in [0.1, 0.15) is 60.8 Å². The average Bonchev–Trinajstić information content (AvgIpc) is 2.13. The molecule has 0 bridgehead atoms. The van der Waals surface area contributed by atoms with Gasteiger partial charge in [0.25, 0.3) is 0 Å². The van der Waals surface area contributed by atoms with Gasteiger partial charge in [-0.15, -0.1) is 0 Å². The van der Waals surface area contributed by atoms with Crippen LogP contribution in [-0.2, 0) is 4.74 Å². The summed E-state index contributed by atoms with van der Waals surface area (Å²) in [5, 5.41) is 0. The Balaban J connectivity index is 0. The zero-order chi connectivity index (χ0) is 11.4. The van der Waals surface area contributed by atoms with Gasteiger partial charge in [-0.3, -0.25) is 0 Å². The summed E-state index contributed by atoms with van der Waals surface area (Å²) >= 11 is 0. The highest BCUT2D eigenvalue weighted by Gasteiger charge is 1.91. The molecule has 0 unspecified atom stereocenters. The van der Waals surface area contributed by atoms with Crippen LogP contribution in [-0.4, -0.2) is 13.2 Å². The van der Waals surface area contributed by atoms with Crippen molar-refractivity contribution in [1.29, 1.82) is 0 Å². The topological polar surface area (TPSA) is 9.23 Å². The summed E-state index contributed by atoms with van der Waals surface area (Å²) < 4.78 is 5.29. The van der Waals surface area contributed by atoms with Gasteiger partial charge >= 0.3 is 0 Å². The Kier molecular flexibility index (Phi) is 15.2. The summed E-state index contributed by atoms with van der Waals surface area (Å²) in [6, 6.07) is 0. The van der Waals surface area contributed by atoms with Crippen molar-refractivity contribution in [2.75, 3.05) is 13.2 Å². The van der Waals surface area contributed by atoms with Crippen LogP contribution < -0.4 is 0 Å². The summed E-state index contributed by atoms with van der Waals surface area (Å²) in [4.78, 5) is 0. The molecule has 0 aliphatic heterocycles. The lowest BCUT2D eigenvalue weighted by molar-refractivity contribution is 0.124. The largest absolute Gasteiger partial charge is 0.381 e. The van der Waals surface area contributed by atoms with Gasteiger partial charge in [0.05, 0.1) is 0 Å². The Hall–Kier alpha value is -0.0400. The minimum atomic E-state index is 0.779. The third kappa shape index (κ3) is 22.7. The van der Waals surface area contributed by atoms with Crippen LogP contribution in [0, 0.1) is 11.8 Å². The van der Waals surface area contributed by atoms with Gasteiger partial charge in [0.15, 0.2) is 0 Å². The van der Waals surface area contributed by atoms with Crippen LogP contribution in [0.15, 0.2) is 0 Å². The van der Waals surface area contributed by atoms with Gasteiger partial charge in [-0.05, 0) is 24.7 Å². The van der Waals surface area contributed by atoms with Crippen LogP contribution in [0.25, 0.3) is 0 Å². The Bertz CT molecular complexity index is 87.2. The Labute approximate surface area is 91.2 Å². The SMILES string of the molecule is CCC(C)C.CCCOCCC(C)C. The lowest BCUT2D eigenvalue weighted by Gasteiger charge is -2.03. The Morgan fingerprint density at radius 1 is 0.857 bits per heavy atom. The summed E-state index contributed by atoms with van der Waals surface area (Å²) in [6.45, 7) is 15.1. The minimum absolute atomic E-state index is 0.779. The van der Waals surface area contributed by atoms with Gasteiger partial charge in [0.1, 0.15) is 0 Å². The number of ether oxygens (including phenoxy) is 1. The quantitative estimate of drug-likeness (QED) is 0.576. The van der Waals surface area contributed by atoms with E-state index < -0.39 is 0 Å². The Morgan fingerprint density at radius 3 is 1.64 bits per heavy atom. The van der Waals surface area contributed by atoms with E-state index >= 15 is 0 Å². The van der Waals surface area contributed by atoms with Gasteiger partial charge in [-0.25, -0.2) is 0 Å². The smallest absolute Gasteiger partial charge is 0.0468 e. The molecule has 0 aromatic rings. The molecule has 0 heterocycles. The average molecular weight is 202 g/mol. The maximum absolute atomic E-state index is 5.29. The molecule has 1 nitrogen and oxygen atoms in total. The van der Waals surface area contributed by atoms with Gasteiger partial charge in [0.2, 0.25) is 0 Å². The molecule has 0 atom stereocenters. The molecule has 0 saturated carbocycles. The fourth-order valence-corrected chi connectivity index (χ4v) is 0.565. The van der Waals surface area contributed by atoms with Crippen molar-refractivity contribution in [2.45, 2.75) is 60.8 Å². The molecule has 88 valence electrons. The van der Waals surface area contributed by atoms with Crippen molar-refractivity contribution in [3.05, 3.63) is 0 Å². The lowest BCUT2D eigenvalue weighted by Crippen LogP contribution is -1.99. The maximum Gasteiger partial charge on any atom is 0.0468 e. The third-order valence-corrected chi connectivity index (χ3v) is 2.00. The van der Waals surface area contributed by atoms with Crippen LogP contribution in [0.3, 0.4) is 0 Å². The molecule has 0 aliphatic rings. The van der Waals surface area contributed by atoms with Crippen molar-refractivity contribution >= 4 is 0 Å². The predicted molar refractivity (Wildman–Crippen MR) is 65.7 cm³/mol. The normalized spacial score (nSPS) is 10.3. The first-order chi connectivity index (χ1) is 6.54. The summed E-state index contributed by atoms with van der Waals surface area (Å²) in [5.41, 5.74) is 0. The monoisotopic (exact) mass is 202 g/mol. The van der Waals surface area contributed by atoms with Crippen molar-refractivity contribution < 1.29 is 4.74 Å².